The molecular formula is C22H26N4O3. The average molecular weight is 394 g/mol. The first kappa shape index (κ1) is 20.3. The van der Waals surface area contributed by atoms with Gasteiger partial charge in [0, 0.05) is 30.4 Å². The third kappa shape index (κ3) is 4.87. The van der Waals surface area contributed by atoms with Gasteiger partial charge >= 0.3 is 0 Å². The number of aryl methyl sites for hydroxylation is 2. The number of hydrogen-bond donors (Lipinski definition) is 2. The molecule has 7 heteroatoms. The van der Waals surface area contributed by atoms with Crippen LogP contribution in [0.2, 0.25) is 0 Å². The van der Waals surface area contributed by atoms with Gasteiger partial charge in [-0.3, -0.25) is 0 Å². The van der Waals surface area contributed by atoms with Crippen molar-refractivity contribution >= 4 is 17.3 Å². The Morgan fingerprint density at radius 3 is 2.10 bits per heavy atom. The summed E-state index contributed by atoms with van der Waals surface area (Å²) in [5, 5.41) is 6.66. The molecule has 1 heterocycles. The zero-order valence-corrected chi connectivity index (χ0v) is 17.4. The van der Waals surface area contributed by atoms with Gasteiger partial charge in [0.25, 0.3) is 0 Å². The van der Waals surface area contributed by atoms with Crippen LogP contribution in [-0.2, 0) is 6.54 Å². The van der Waals surface area contributed by atoms with Crippen LogP contribution in [0.5, 0.6) is 17.2 Å². The number of benzene rings is 2. The second kappa shape index (κ2) is 9.14. The lowest BCUT2D eigenvalue weighted by atomic mass is 10.1. The van der Waals surface area contributed by atoms with Crippen molar-refractivity contribution in [3.8, 4) is 17.2 Å². The number of ether oxygens (including phenoxy) is 3. The van der Waals surface area contributed by atoms with Gasteiger partial charge in [-0.1, -0.05) is 24.3 Å². The number of methoxy groups -OCH3 is 3. The quantitative estimate of drug-likeness (QED) is 0.583. The fourth-order valence-electron chi connectivity index (χ4n) is 3.02. The molecule has 3 rings (SSSR count). The molecule has 0 fully saturated rings. The van der Waals surface area contributed by atoms with E-state index in [1.165, 1.54) is 11.1 Å². The van der Waals surface area contributed by atoms with Crippen LogP contribution in [0.25, 0.3) is 0 Å². The largest absolute Gasteiger partial charge is 0.493 e. The minimum absolute atomic E-state index is 0.542. The topological polar surface area (TPSA) is 77.5 Å². The first-order chi connectivity index (χ1) is 14.0. The first-order valence-corrected chi connectivity index (χ1v) is 9.25. The Morgan fingerprint density at radius 1 is 0.828 bits per heavy atom. The summed E-state index contributed by atoms with van der Waals surface area (Å²) >= 11 is 0. The van der Waals surface area contributed by atoms with E-state index in [-0.39, 0.29) is 0 Å². The van der Waals surface area contributed by atoms with Crippen molar-refractivity contribution < 1.29 is 14.2 Å². The molecule has 2 N–H and O–H groups in total. The highest BCUT2D eigenvalue weighted by Crippen LogP contribution is 2.40. The molecule has 1 aromatic heterocycles. The molecule has 0 bridgehead atoms. The van der Waals surface area contributed by atoms with Crippen molar-refractivity contribution in [2.45, 2.75) is 20.4 Å². The van der Waals surface area contributed by atoms with Crippen molar-refractivity contribution in [2.75, 3.05) is 32.0 Å². The third-order valence-corrected chi connectivity index (χ3v) is 4.50. The van der Waals surface area contributed by atoms with E-state index >= 15 is 0 Å². The molecular weight excluding hydrogens is 368 g/mol. The van der Waals surface area contributed by atoms with E-state index in [9.17, 15) is 0 Å². The van der Waals surface area contributed by atoms with E-state index in [1.54, 1.807) is 21.3 Å². The van der Waals surface area contributed by atoms with Gasteiger partial charge in [-0.25, -0.2) is 9.97 Å². The fraction of sp³-hybridized carbons (Fsp3) is 0.273. The second-order valence-corrected chi connectivity index (χ2v) is 6.50. The predicted molar refractivity (Wildman–Crippen MR) is 115 cm³/mol. The number of anilines is 3. The van der Waals surface area contributed by atoms with Crippen LogP contribution >= 0.6 is 0 Å². The highest BCUT2D eigenvalue weighted by molar-refractivity contribution is 5.67. The Hall–Kier alpha value is -3.48. The minimum Gasteiger partial charge on any atom is -0.493 e. The first-order valence-electron chi connectivity index (χ1n) is 9.25. The van der Waals surface area contributed by atoms with Gasteiger partial charge in [0.2, 0.25) is 5.75 Å². The highest BCUT2D eigenvalue weighted by Gasteiger charge is 2.14. The van der Waals surface area contributed by atoms with Gasteiger partial charge in [-0.15, -0.1) is 0 Å². The van der Waals surface area contributed by atoms with Crippen molar-refractivity contribution in [1.82, 2.24) is 9.97 Å². The van der Waals surface area contributed by atoms with Crippen molar-refractivity contribution in [1.29, 1.82) is 0 Å². The summed E-state index contributed by atoms with van der Waals surface area (Å²) in [6.45, 7) is 4.64. The monoisotopic (exact) mass is 394 g/mol. The summed E-state index contributed by atoms with van der Waals surface area (Å²) in [6.07, 6.45) is 0. The van der Waals surface area contributed by atoms with Gasteiger partial charge < -0.3 is 24.8 Å². The molecule has 0 aliphatic heterocycles. The predicted octanol–water partition coefficient (Wildman–Crippen LogP) is 4.47. The van der Waals surface area contributed by atoms with E-state index in [4.69, 9.17) is 14.2 Å². The highest BCUT2D eigenvalue weighted by atomic mass is 16.5. The van der Waals surface area contributed by atoms with Crippen molar-refractivity contribution in [3.05, 3.63) is 59.4 Å². The standard InChI is InChI=1S/C22H26N4O3/c1-14-8-6-7-9-16(14)13-23-20-12-21(25-15(2)24-20)26-17-10-18(27-3)22(29-5)19(11-17)28-4/h6-12H,13H2,1-5H3,(H2,23,24,25,26). The summed E-state index contributed by atoms with van der Waals surface area (Å²) in [6, 6.07) is 13.8. The molecule has 0 radical (unpaired) electrons. The van der Waals surface area contributed by atoms with Crippen LogP contribution in [0.1, 0.15) is 17.0 Å². The van der Waals surface area contributed by atoms with E-state index in [2.05, 4.69) is 39.7 Å². The maximum absolute atomic E-state index is 5.41. The minimum atomic E-state index is 0.542. The molecule has 3 aromatic rings. The Morgan fingerprint density at radius 2 is 1.48 bits per heavy atom. The molecule has 7 nitrogen and oxygen atoms in total. The Labute approximate surface area is 171 Å². The zero-order chi connectivity index (χ0) is 20.8. The molecule has 29 heavy (non-hydrogen) atoms. The van der Waals surface area contributed by atoms with Gasteiger partial charge in [0.1, 0.15) is 17.5 Å². The molecule has 0 unspecified atom stereocenters. The van der Waals surface area contributed by atoms with Crippen LogP contribution in [0.3, 0.4) is 0 Å². The summed E-state index contributed by atoms with van der Waals surface area (Å²) in [4.78, 5) is 8.96. The third-order valence-electron chi connectivity index (χ3n) is 4.50. The number of aromatic nitrogens is 2. The van der Waals surface area contributed by atoms with E-state index in [0.717, 1.165) is 11.5 Å². The van der Waals surface area contributed by atoms with E-state index in [1.807, 2.05) is 37.3 Å². The summed E-state index contributed by atoms with van der Waals surface area (Å²) < 4.78 is 16.2. The van der Waals surface area contributed by atoms with Crippen LogP contribution in [0.15, 0.2) is 42.5 Å². The molecule has 0 aliphatic carbocycles. The molecule has 0 atom stereocenters. The normalized spacial score (nSPS) is 10.4. The van der Waals surface area contributed by atoms with E-state index < -0.39 is 0 Å². The molecule has 0 saturated heterocycles. The van der Waals surface area contributed by atoms with E-state index in [0.29, 0.717) is 35.4 Å². The van der Waals surface area contributed by atoms with Crippen LogP contribution in [0.4, 0.5) is 17.3 Å². The van der Waals surface area contributed by atoms with Crippen molar-refractivity contribution in [3.63, 3.8) is 0 Å². The molecule has 0 amide bonds. The van der Waals surface area contributed by atoms with Gasteiger partial charge in [-0.2, -0.15) is 0 Å². The molecule has 2 aromatic carbocycles. The average Bonchev–Trinajstić information content (AvgIpc) is 2.72. The van der Waals surface area contributed by atoms with Crippen LogP contribution < -0.4 is 24.8 Å². The Balaban J connectivity index is 1.82. The van der Waals surface area contributed by atoms with Crippen LogP contribution in [0, 0.1) is 13.8 Å². The van der Waals surface area contributed by atoms with Gasteiger partial charge in [0.05, 0.1) is 21.3 Å². The van der Waals surface area contributed by atoms with Gasteiger partial charge in [0.15, 0.2) is 11.5 Å². The summed E-state index contributed by atoms with van der Waals surface area (Å²) in [5.41, 5.74) is 3.23. The number of rotatable bonds is 8. The molecule has 0 aliphatic rings. The van der Waals surface area contributed by atoms with Crippen LogP contribution in [-0.4, -0.2) is 31.3 Å². The lowest BCUT2D eigenvalue weighted by molar-refractivity contribution is 0.324. The number of nitrogens with one attached hydrogen (secondary N) is 2. The smallest absolute Gasteiger partial charge is 0.203 e. The molecule has 152 valence electrons. The Bertz CT molecular complexity index is 967. The summed E-state index contributed by atoms with van der Waals surface area (Å²) in [7, 11) is 4.75. The Kier molecular flexibility index (Phi) is 6.39. The number of nitrogens with zero attached hydrogens (tertiary/aromatic N) is 2. The zero-order valence-electron chi connectivity index (χ0n) is 17.4. The lowest BCUT2D eigenvalue weighted by Crippen LogP contribution is -2.06. The maximum atomic E-state index is 5.41. The second-order valence-electron chi connectivity index (χ2n) is 6.50. The van der Waals surface area contributed by atoms with Gasteiger partial charge in [-0.05, 0) is 25.0 Å². The molecule has 0 saturated carbocycles. The molecule has 0 spiro atoms. The van der Waals surface area contributed by atoms with Crippen molar-refractivity contribution in [2.24, 2.45) is 0 Å². The maximum Gasteiger partial charge on any atom is 0.203 e. The summed E-state index contributed by atoms with van der Waals surface area (Å²) in [5.74, 6) is 3.75. The number of hydrogen-bond acceptors (Lipinski definition) is 7. The fourth-order valence-corrected chi connectivity index (χ4v) is 3.02. The SMILES string of the molecule is COc1cc(Nc2cc(NCc3ccccc3C)nc(C)n2)cc(OC)c1OC. The lowest BCUT2D eigenvalue weighted by Gasteiger charge is -2.15.